The molecule has 2 rings (SSSR count). The van der Waals surface area contributed by atoms with E-state index < -0.39 is 0 Å². The van der Waals surface area contributed by atoms with Crippen LogP contribution >= 0.6 is 0 Å². The first-order valence-electron chi connectivity index (χ1n) is 5.20. The summed E-state index contributed by atoms with van der Waals surface area (Å²) in [5, 5.41) is 11.7. The maximum absolute atomic E-state index is 4.14. The molecule has 78 valence electrons. The molecule has 0 spiro atoms. The molecular weight excluding hydrogens is 176 g/mol. The Kier molecular flexibility index (Phi) is 2.31. The second kappa shape index (κ2) is 3.35. The molecule has 14 heavy (non-hydrogen) atoms. The summed E-state index contributed by atoms with van der Waals surface area (Å²) in [6.07, 6.45) is 4.30. The van der Waals surface area contributed by atoms with Crippen molar-refractivity contribution in [1.29, 1.82) is 0 Å². The van der Waals surface area contributed by atoms with Gasteiger partial charge in [0.2, 0.25) is 0 Å². The minimum absolute atomic E-state index is 0.225. The summed E-state index contributed by atoms with van der Waals surface area (Å²) in [4.78, 5) is 0. The second-order valence-corrected chi connectivity index (χ2v) is 4.80. The highest BCUT2D eigenvalue weighted by Crippen LogP contribution is 2.27. The molecule has 1 fully saturated rings. The molecule has 1 unspecified atom stereocenters. The fourth-order valence-electron chi connectivity index (χ4n) is 2.11. The van der Waals surface area contributed by atoms with Crippen LogP contribution in [0.5, 0.6) is 0 Å². The average molecular weight is 194 g/mol. The van der Waals surface area contributed by atoms with Crippen LogP contribution in [0.2, 0.25) is 0 Å². The van der Waals surface area contributed by atoms with Crippen molar-refractivity contribution < 1.29 is 0 Å². The molecule has 1 aliphatic heterocycles. The van der Waals surface area contributed by atoms with E-state index >= 15 is 0 Å². The maximum Gasteiger partial charge on any atom is 0.0796 e. The Morgan fingerprint density at radius 2 is 2.36 bits per heavy atom. The molecule has 0 bridgehead atoms. The standard InChI is InChI=1S/C10H18N4/c1-8-7-14(13-12-8)9-4-5-11-10(2,3)6-9/h7,9,11H,4-6H2,1-3H3. The average Bonchev–Trinajstić information content (AvgIpc) is 2.50. The lowest BCUT2D eigenvalue weighted by molar-refractivity contribution is 0.219. The van der Waals surface area contributed by atoms with Gasteiger partial charge in [0.05, 0.1) is 11.7 Å². The molecule has 0 amide bonds. The van der Waals surface area contributed by atoms with Crippen molar-refractivity contribution in [2.45, 2.75) is 45.2 Å². The predicted octanol–water partition coefficient (Wildman–Crippen LogP) is 1.29. The fourth-order valence-corrected chi connectivity index (χ4v) is 2.11. The van der Waals surface area contributed by atoms with E-state index in [1.54, 1.807) is 0 Å². The second-order valence-electron chi connectivity index (χ2n) is 4.80. The van der Waals surface area contributed by atoms with Crippen LogP contribution in [0.25, 0.3) is 0 Å². The summed E-state index contributed by atoms with van der Waals surface area (Å²) in [7, 11) is 0. The zero-order valence-corrected chi connectivity index (χ0v) is 9.12. The molecule has 1 atom stereocenters. The van der Waals surface area contributed by atoms with Gasteiger partial charge in [-0.15, -0.1) is 5.10 Å². The van der Waals surface area contributed by atoms with E-state index in [-0.39, 0.29) is 5.54 Å². The highest BCUT2D eigenvalue weighted by Gasteiger charge is 2.28. The molecule has 0 aromatic carbocycles. The number of nitrogens with one attached hydrogen (secondary N) is 1. The summed E-state index contributed by atoms with van der Waals surface area (Å²) in [6.45, 7) is 7.53. The molecule has 0 saturated carbocycles. The largest absolute Gasteiger partial charge is 0.312 e. The zero-order chi connectivity index (χ0) is 10.2. The normalized spacial score (nSPS) is 26.4. The van der Waals surface area contributed by atoms with Crippen molar-refractivity contribution >= 4 is 0 Å². The number of hydrogen-bond donors (Lipinski definition) is 1. The summed E-state index contributed by atoms with van der Waals surface area (Å²) in [6, 6.07) is 0.507. The predicted molar refractivity (Wildman–Crippen MR) is 55.1 cm³/mol. The first-order valence-corrected chi connectivity index (χ1v) is 5.20. The van der Waals surface area contributed by atoms with Crippen molar-refractivity contribution in [1.82, 2.24) is 20.3 Å². The van der Waals surface area contributed by atoms with E-state index in [0.717, 1.165) is 25.1 Å². The summed E-state index contributed by atoms with van der Waals surface area (Å²) < 4.78 is 2.01. The van der Waals surface area contributed by atoms with Crippen LogP contribution in [0.1, 0.15) is 38.4 Å². The highest BCUT2D eigenvalue weighted by molar-refractivity contribution is 4.93. The number of piperidine rings is 1. The summed E-state index contributed by atoms with van der Waals surface area (Å²) >= 11 is 0. The van der Waals surface area contributed by atoms with E-state index in [4.69, 9.17) is 0 Å². The molecule has 1 aromatic rings. The Morgan fingerprint density at radius 1 is 1.57 bits per heavy atom. The van der Waals surface area contributed by atoms with Crippen molar-refractivity contribution in [3.05, 3.63) is 11.9 Å². The van der Waals surface area contributed by atoms with Crippen LogP contribution in [-0.4, -0.2) is 27.1 Å². The van der Waals surface area contributed by atoms with E-state index in [0.29, 0.717) is 6.04 Å². The van der Waals surface area contributed by atoms with Gasteiger partial charge in [0.25, 0.3) is 0 Å². The molecule has 0 aliphatic carbocycles. The van der Waals surface area contributed by atoms with Crippen molar-refractivity contribution in [2.24, 2.45) is 0 Å². The minimum Gasteiger partial charge on any atom is -0.312 e. The zero-order valence-electron chi connectivity index (χ0n) is 9.12. The van der Waals surface area contributed by atoms with Crippen LogP contribution < -0.4 is 5.32 Å². The molecule has 2 heterocycles. The number of aromatic nitrogens is 3. The Balaban J connectivity index is 2.12. The smallest absolute Gasteiger partial charge is 0.0796 e. The lowest BCUT2D eigenvalue weighted by Crippen LogP contribution is -2.46. The van der Waals surface area contributed by atoms with Gasteiger partial charge >= 0.3 is 0 Å². The van der Waals surface area contributed by atoms with Gasteiger partial charge in [-0.05, 0) is 40.2 Å². The monoisotopic (exact) mass is 194 g/mol. The Morgan fingerprint density at radius 3 is 2.93 bits per heavy atom. The third kappa shape index (κ3) is 1.95. The van der Waals surface area contributed by atoms with Gasteiger partial charge in [-0.3, -0.25) is 0 Å². The van der Waals surface area contributed by atoms with Gasteiger partial charge in [-0.1, -0.05) is 5.21 Å². The van der Waals surface area contributed by atoms with Gasteiger partial charge in [-0.25, -0.2) is 4.68 Å². The van der Waals surface area contributed by atoms with Crippen molar-refractivity contribution in [3.8, 4) is 0 Å². The van der Waals surface area contributed by atoms with E-state index in [2.05, 4.69) is 29.5 Å². The quantitative estimate of drug-likeness (QED) is 0.732. The topological polar surface area (TPSA) is 42.7 Å². The van der Waals surface area contributed by atoms with Crippen LogP contribution in [0, 0.1) is 6.92 Å². The maximum atomic E-state index is 4.14. The van der Waals surface area contributed by atoms with Gasteiger partial charge < -0.3 is 5.32 Å². The summed E-state index contributed by atoms with van der Waals surface area (Å²) in [5.74, 6) is 0. The molecule has 1 N–H and O–H groups in total. The number of hydrogen-bond acceptors (Lipinski definition) is 3. The number of nitrogens with zero attached hydrogens (tertiary/aromatic N) is 3. The molecule has 4 heteroatoms. The van der Waals surface area contributed by atoms with Gasteiger partial charge in [0.15, 0.2) is 0 Å². The summed E-state index contributed by atoms with van der Waals surface area (Å²) in [5.41, 5.74) is 1.23. The molecule has 1 aromatic heterocycles. The molecule has 4 nitrogen and oxygen atoms in total. The van der Waals surface area contributed by atoms with E-state index in [9.17, 15) is 0 Å². The first-order chi connectivity index (χ1) is 6.57. The third-order valence-corrected chi connectivity index (χ3v) is 2.83. The van der Waals surface area contributed by atoms with E-state index in [1.165, 1.54) is 0 Å². The van der Waals surface area contributed by atoms with Crippen molar-refractivity contribution in [2.75, 3.05) is 6.54 Å². The van der Waals surface area contributed by atoms with Gasteiger partial charge in [0.1, 0.15) is 0 Å². The van der Waals surface area contributed by atoms with Crippen LogP contribution in [-0.2, 0) is 0 Å². The Hall–Kier alpha value is -0.900. The Bertz CT molecular complexity index is 316. The highest BCUT2D eigenvalue weighted by atomic mass is 15.4. The van der Waals surface area contributed by atoms with Gasteiger partial charge in [-0.2, -0.15) is 0 Å². The van der Waals surface area contributed by atoms with Crippen LogP contribution in [0.3, 0.4) is 0 Å². The minimum atomic E-state index is 0.225. The Labute approximate surface area is 84.7 Å². The van der Waals surface area contributed by atoms with Gasteiger partial charge in [0, 0.05) is 11.7 Å². The van der Waals surface area contributed by atoms with Crippen LogP contribution in [0.15, 0.2) is 6.20 Å². The molecular formula is C10H18N4. The third-order valence-electron chi connectivity index (χ3n) is 2.83. The lowest BCUT2D eigenvalue weighted by atomic mass is 9.89. The van der Waals surface area contributed by atoms with E-state index in [1.807, 2.05) is 17.8 Å². The fraction of sp³-hybridized carbons (Fsp3) is 0.800. The van der Waals surface area contributed by atoms with Crippen LogP contribution in [0.4, 0.5) is 0 Å². The number of rotatable bonds is 1. The number of aryl methyl sites for hydroxylation is 1. The molecule has 1 saturated heterocycles. The lowest BCUT2D eigenvalue weighted by Gasteiger charge is -2.36. The first kappa shape index (κ1) is 9.65. The molecule has 0 radical (unpaired) electrons. The van der Waals surface area contributed by atoms with Crippen molar-refractivity contribution in [3.63, 3.8) is 0 Å². The SMILES string of the molecule is Cc1cn(C2CCNC(C)(C)C2)nn1. The molecule has 1 aliphatic rings.